The summed E-state index contributed by atoms with van der Waals surface area (Å²) in [6, 6.07) is 0. The molecular weight excluding hydrogens is 270 g/mol. The van der Waals surface area contributed by atoms with Crippen molar-refractivity contribution in [3.8, 4) is 0 Å². The van der Waals surface area contributed by atoms with Gasteiger partial charge < -0.3 is 10.6 Å². The molecule has 2 rings (SSSR count). The Morgan fingerprint density at radius 2 is 2.30 bits per heavy atom. The third kappa shape index (κ3) is 4.56. The van der Waals surface area contributed by atoms with E-state index in [4.69, 9.17) is 0 Å². The van der Waals surface area contributed by atoms with Crippen LogP contribution in [0.2, 0.25) is 0 Å². The number of thiazole rings is 1. The molecule has 0 aliphatic carbocycles. The van der Waals surface area contributed by atoms with Crippen molar-refractivity contribution in [3.05, 3.63) is 16.1 Å². The number of carbonyl (C=O) groups is 1. The first-order valence-electron chi connectivity index (χ1n) is 7.60. The first-order valence-corrected chi connectivity index (χ1v) is 8.41. The van der Waals surface area contributed by atoms with Crippen molar-refractivity contribution in [1.82, 2.24) is 15.6 Å². The molecule has 0 bridgehead atoms. The van der Waals surface area contributed by atoms with Gasteiger partial charge in [-0.05, 0) is 44.2 Å². The van der Waals surface area contributed by atoms with E-state index in [-0.39, 0.29) is 5.91 Å². The van der Waals surface area contributed by atoms with Crippen LogP contribution in [0.15, 0.2) is 6.20 Å². The minimum Gasteiger partial charge on any atom is -0.350 e. The largest absolute Gasteiger partial charge is 0.350 e. The number of hydrogen-bond acceptors (Lipinski definition) is 4. The highest BCUT2D eigenvalue weighted by Crippen LogP contribution is 2.24. The minimum absolute atomic E-state index is 0.157. The van der Waals surface area contributed by atoms with Crippen LogP contribution in [0.25, 0.3) is 0 Å². The van der Waals surface area contributed by atoms with Gasteiger partial charge in [0, 0.05) is 17.5 Å². The van der Waals surface area contributed by atoms with E-state index < -0.39 is 0 Å². The molecule has 0 aromatic carbocycles. The molecule has 1 atom stereocenters. The second-order valence-electron chi connectivity index (χ2n) is 5.62. The predicted molar refractivity (Wildman–Crippen MR) is 82.7 cm³/mol. The topological polar surface area (TPSA) is 54.0 Å². The minimum atomic E-state index is 0.157. The Hall–Kier alpha value is -0.940. The van der Waals surface area contributed by atoms with Crippen molar-refractivity contribution >= 4 is 17.2 Å². The molecular formula is C15H25N3OS. The third-order valence-electron chi connectivity index (χ3n) is 4.08. The highest BCUT2D eigenvalue weighted by Gasteiger charge is 2.21. The van der Waals surface area contributed by atoms with Gasteiger partial charge in [-0.25, -0.2) is 4.98 Å². The first kappa shape index (κ1) is 15.4. The van der Waals surface area contributed by atoms with Crippen LogP contribution in [0.5, 0.6) is 0 Å². The van der Waals surface area contributed by atoms with E-state index in [9.17, 15) is 4.79 Å². The summed E-state index contributed by atoms with van der Waals surface area (Å²) in [6.45, 7) is 7.08. The Kier molecular flexibility index (Phi) is 5.98. The third-order valence-corrected chi connectivity index (χ3v) is 5.22. The van der Waals surface area contributed by atoms with E-state index in [0.717, 1.165) is 24.5 Å². The number of amides is 1. The fourth-order valence-electron chi connectivity index (χ4n) is 2.71. The van der Waals surface area contributed by atoms with Gasteiger partial charge in [0.05, 0.1) is 6.54 Å². The quantitative estimate of drug-likeness (QED) is 0.847. The lowest BCUT2D eigenvalue weighted by molar-refractivity contribution is -0.122. The maximum Gasteiger partial charge on any atom is 0.220 e. The van der Waals surface area contributed by atoms with E-state index in [0.29, 0.717) is 24.8 Å². The van der Waals surface area contributed by atoms with E-state index in [1.165, 1.54) is 17.7 Å². The van der Waals surface area contributed by atoms with Crippen LogP contribution in [0.1, 0.15) is 43.0 Å². The Balaban J connectivity index is 1.71. The fraction of sp³-hybridized carbons (Fsp3) is 0.733. The van der Waals surface area contributed by atoms with E-state index >= 15 is 0 Å². The van der Waals surface area contributed by atoms with Crippen molar-refractivity contribution in [2.24, 2.45) is 11.8 Å². The van der Waals surface area contributed by atoms with Crippen molar-refractivity contribution < 1.29 is 4.79 Å². The zero-order valence-electron chi connectivity index (χ0n) is 12.4. The molecule has 1 aliphatic rings. The number of aromatic nitrogens is 1. The Morgan fingerprint density at radius 1 is 1.55 bits per heavy atom. The molecule has 1 fully saturated rings. The summed E-state index contributed by atoms with van der Waals surface area (Å²) in [7, 11) is 0. The second kappa shape index (κ2) is 7.74. The Labute approximate surface area is 125 Å². The number of carbonyl (C=O) groups excluding carboxylic acids is 1. The van der Waals surface area contributed by atoms with Crippen molar-refractivity contribution in [2.45, 2.75) is 46.1 Å². The van der Waals surface area contributed by atoms with E-state index in [2.05, 4.69) is 29.5 Å². The van der Waals surface area contributed by atoms with Gasteiger partial charge in [-0.2, -0.15) is 0 Å². The molecule has 5 heteroatoms. The van der Waals surface area contributed by atoms with Gasteiger partial charge in [-0.1, -0.05) is 13.8 Å². The molecule has 0 radical (unpaired) electrons. The van der Waals surface area contributed by atoms with Crippen molar-refractivity contribution in [2.75, 3.05) is 13.1 Å². The van der Waals surface area contributed by atoms with Crippen LogP contribution in [0.3, 0.4) is 0 Å². The molecule has 2 heterocycles. The van der Waals surface area contributed by atoms with Crippen LogP contribution in [-0.4, -0.2) is 24.0 Å². The molecule has 1 aromatic heterocycles. The fourth-order valence-corrected chi connectivity index (χ4v) is 3.51. The molecule has 1 amide bonds. The summed E-state index contributed by atoms with van der Waals surface area (Å²) in [4.78, 5) is 17.6. The molecule has 0 spiro atoms. The van der Waals surface area contributed by atoms with Gasteiger partial charge in [0.1, 0.15) is 5.01 Å². The summed E-state index contributed by atoms with van der Waals surface area (Å²) in [5.41, 5.74) is 0. The van der Waals surface area contributed by atoms with Gasteiger partial charge in [-0.15, -0.1) is 11.3 Å². The van der Waals surface area contributed by atoms with Gasteiger partial charge >= 0.3 is 0 Å². The molecule has 4 nitrogen and oxygen atoms in total. The van der Waals surface area contributed by atoms with Gasteiger partial charge in [-0.3, -0.25) is 4.79 Å². The zero-order chi connectivity index (χ0) is 14.4. The SMILES string of the molecule is CCc1cnc(CNC(=O)CC(C)C2CCNCC2)s1. The highest BCUT2D eigenvalue weighted by molar-refractivity contribution is 7.11. The highest BCUT2D eigenvalue weighted by atomic mass is 32.1. The number of piperidine rings is 1. The first-order chi connectivity index (χ1) is 9.69. The van der Waals surface area contributed by atoms with E-state index in [1.807, 2.05) is 6.20 Å². The molecule has 2 N–H and O–H groups in total. The van der Waals surface area contributed by atoms with Crippen LogP contribution < -0.4 is 10.6 Å². The lowest BCUT2D eigenvalue weighted by atomic mass is 9.84. The Bertz CT molecular complexity index is 427. The van der Waals surface area contributed by atoms with Crippen molar-refractivity contribution in [3.63, 3.8) is 0 Å². The normalized spacial score (nSPS) is 17.9. The molecule has 0 saturated carbocycles. The number of nitrogens with one attached hydrogen (secondary N) is 2. The molecule has 1 unspecified atom stereocenters. The van der Waals surface area contributed by atoms with Crippen LogP contribution in [0.4, 0.5) is 0 Å². The maximum atomic E-state index is 12.0. The number of hydrogen-bond donors (Lipinski definition) is 2. The number of aryl methyl sites for hydroxylation is 1. The average Bonchev–Trinajstić information content (AvgIpc) is 2.94. The van der Waals surface area contributed by atoms with Crippen LogP contribution in [-0.2, 0) is 17.8 Å². The lowest BCUT2D eigenvalue weighted by Gasteiger charge is -2.27. The summed E-state index contributed by atoms with van der Waals surface area (Å²) < 4.78 is 0. The summed E-state index contributed by atoms with van der Waals surface area (Å²) in [5.74, 6) is 1.32. The Morgan fingerprint density at radius 3 is 2.95 bits per heavy atom. The van der Waals surface area contributed by atoms with Crippen LogP contribution >= 0.6 is 11.3 Å². The average molecular weight is 295 g/mol. The molecule has 1 aliphatic heterocycles. The van der Waals surface area contributed by atoms with Crippen LogP contribution in [0, 0.1) is 11.8 Å². The zero-order valence-corrected chi connectivity index (χ0v) is 13.3. The van der Waals surface area contributed by atoms with Gasteiger partial charge in [0.15, 0.2) is 0 Å². The molecule has 112 valence electrons. The lowest BCUT2D eigenvalue weighted by Crippen LogP contribution is -2.33. The predicted octanol–water partition coefficient (Wildman–Crippen LogP) is 2.35. The number of nitrogens with zero attached hydrogens (tertiary/aromatic N) is 1. The second-order valence-corrected chi connectivity index (χ2v) is 6.82. The van der Waals surface area contributed by atoms with Gasteiger partial charge in [0.25, 0.3) is 0 Å². The van der Waals surface area contributed by atoms with Crippen molar-refractivity contribution in [1.29, 1.82) is 0 Å². The number of rotatable bonds is 6. The molecule has 1 aromatic rings. The standard InChI is InChI=1S/C15H25N3OS/c1-3-13-9-18-15(20-13)10-17-14(19)8-11(2)12-4-6-16-7-5-12/h9,11-12,16H,3-8,10H2,1-2H3,(H,17,19). The van der Waals surface area contributed by atoms with Gasteiger partial charge in [0.2, 0.25) is 5.91 Å². The summed E-state index contributed by atoms with van der Waals surface area (Å²) >= 11 is 1.69. The van der Waals surface area contributed by atoms with E-state index in [1.54, 1.807) is 11.3 Å². The smallest absolute Gasteiger partial charge is 0.220 e. The summed E-state index contributed by atoms with van der Waals surface area (Å²) in [6.07, 6.45) is 5.94. The molecule has 1 saturated heterocycles. The summed E-state index contributed by atoms with van der Waals surface area (Å²) in [5, 5.41) is 7.37. The molecule has 20 heavy (non-hydrogen) atoms. The monoisotopic (exact) mass is 295 g/mol. The maximum absolute atomic E-state index is 12.0.